The summed E-state index contributed by atoms with van der Waals surface area (Å²) in [7, 11) is -1.23. The lowest BCUT2D eigenvalue weighted by Crippen LogP contribution is -2.25. The van der Waals surface area contributed by atoms with Gasteiger partial charge in [-0.25, -0.2) is 9.97 Å². The van der Waals surface area contributed by atoms with E-state index in [0.29, 0.717) is 22.2 Å². The summed E-state index contributed by atoms with van der Waals surface area (Å²) in [6, 6.07) is 8.67. The van der Waals surface area contributed by atoms with Crippen molar-refractivity contribution in [1.29, 1.82) is 0 Å². The van der Waals surface area contributed by atoms with Crippen molar-refractivity contribution in [3.05, 3.63) is 53.0 Å². The Kier molecular flexibility index (Phi) is 4.77. The van der Waals surface area contributed by atoms with E-state index in [2.05, 4.69) is 9.97 Å². The summed E-state index contributed by atoms with van der Waals surface area (Å²) in [6.07, 6.45) is 3.23. The van der Waals surface area contributed by atoms with Crippen LogP contribution < -0.4 is 0 Å². The number of hydrogen-bond donors (Lipinski definition) is 1. The van der Waals surface area contributed by atoms with E-state index in [9.17, 15) is 9.32 Å². The first-order chi connectivity index (χ1) is 12.5. The number of fused-ring (bicyclic) bond motifs is 1. The zero-order valence-corrected chi connectivity index (χ0v) is 16.2. The Balaban J connectivity index is 1.66. The largest absolute Gasteiger partial charge is 0.391 e. The van der Waals surface area contributed by atoms with E-state index in [0.717, 1.165) is 10.3 Å². The molecule has 1 N–H and O–H groups in total. The molecule has 4 rings (SSSR count). The van der Waals surface area contributed by atoms with Gasteiger partial charge in [0.2, 0.25) is 0 Å². The van der Waals surface area contributed by atoms with Gasteiger partial charge in [0.15, 0.2) is 0 Å². The fraction of sp³-hybridized carbons (Fsp3) is 0.333. The van der Waals surface area contributed by atoms with E-state index in [-0.39, 0.29) is 17.2 Å². The molecule has 1 saturated carbocycles. The molecule has 0 amide bonds. The Morgan fingerprint density at radius 3 is 2.65 bits per heavy atom. The van der Waals surface area contributed by atoms with Crippen LogP contribution in [0.4, 0.5) is 0 Å². The summed E-state index contributed by atoms with van der Waals surface area (Å²) in [4.78, 5) is 9.02. The summed E-state index contributed by atoms with van der Waals surface area (Å²) < 4.78 is 15.0. The molecule has 0 saturated heterocycles. The molecule has 8 heteroatoms. The molecular formula is C18H17Cl2N3O2S. The second-order valence-corrected chi connectivity index (χ2v) is 9.03. The molecule has 5 nitrogen and oxygen atoms in total. The van der Waals surface area contributed by atoms with Gasteiger partial charge in [0.1, 0.15) is 17.1 Å². The van der Waals surface area contributed by atoms with Gasteiger partial charge in [-0.15, -0.1) is 0 Å². The maximum Gasteiger partial charge on any atom is 0.145 e. The van der Waals surface area contributed by atoms with Crippen molar-refractivity contribution in [3.63, 3.8) is 0 Å². The number of halogens is 2. The average molecular weight is 410 g/mol. The SMILES string of the molecule is C[C@H]1[C@@H](O)[C@H](n2ccc3c(Cl)ncnc32)C[C@@H]1S(=O)c1ccc(Cl)cc1. The summed E-state index contributed by atoms with van der Waals surface area (Å²) >= 11 is 12.0. The normalized spacial score (nSPS) is 27.1. The minimum absolute atomic E-state index is 0.119. The number of aliphatic hydroxyl groups excluding tert-OH is 1. The standard InChI is InChI=1S/C18H17Cl2N3O2S/c1-10-15(26(25)12-4-2-11(19)3-5-12)8-14(16(10)24)23-7-6-13-17(20)21-9-22-18(13)23/h2-7,9-10,14-16,24H,8H2,1H3/t10-,14-,15+,16-,26?/m1/s1. The predicted molar refractivity (Wildman–Crippen MR) is 103 cm³/mol. The number of nitrogens with zero attached hydrogens (tertiary/aromatic N) is 3. The highest BCUT2D eigenvalue weighted by atomic mass is 35.5. The second-order valence-electron chi connectivity index (χ2n) is 6.57. The van der Waals surface area contributed by atoms with Gasteiger partial charge in [-0.05, 0) is 42.7 Å². The highest BCUT2D eigenvalue weighted by Crippen LogP contribution is 2.41. The van der Waals surface area contributed by atoms with Gasteiger partial charge < -0.3 is 9.67 Å². The number of aromatic nitrogens is 3. The quantitative estimate of drug-likeness (QED) is 0.666. The lowest BCUT2D eigenvalue weighted by Gasteiger charge is -2.19. The summed E-state index contributed by atoms with van der Waals surface area (Å²) in [5.74, 6) is -0.119. The smallest absolute Gasteiger partial charge is 0.145 e. The average Bonchev–Trinajstić information content (AvgIpc) is 3.18. The van der Waals surface area contributed by atoms with Crippen LogP contribution in [-0.2, 0) is 10.8 Å². The Bertz CT molecular complexity index is 976. The van der Waals surface area contributed by atoms with Crippen LogP contribution in [0.25, 0.3) is 11.0 Å². The second kappa shape index (κ2) is 6.93. The molecule has 2 heterocycles. The Morgan fingerprint density at radius 1 is 1.19 bits per heavy atom. The molecule has 136 valence electrons. The van der Waals surface area contributed by atoms with Crippen molar-refractivity contribution < 1.29 is 9.32 Å². The van der Waals surface area contributed by atoms with Crippen LogP contribution in [0, 0.1) is 5.92 Å². The van der Waals surface area contributed by atoms with Gasteiger partial charge in [0.25, 0.3) is 0 Å². The Hall–Kier alpha value is -1.47. The van der Waals surface area contributed by atoms with E-state index in [4.69, 9.17) is 23.2 Å². The third kappa shape index (κ3) is 2.95. The minimum Gasteiger partial charge on any atom is -0.391 e. The van der Waals surface area contributed by atoms with Crippen molar-refractivity contribution in [2.45, 2.75) is 35.6 Å². The van der Waals surface area contributed by atoms with Crippen LogP contribution in [0.5, 0.6) is 0 Å². The maximum atomic E-state index is 13.0. The van der Waals surface area contributed by atoms with Gasteiger partial charge in [0, 0.05) is 21.4 Å². The van der Waals surface area contributed by atoms with Crippen LogP contribution in [0.1, 0.15) is 19.4 Å². The van der Waals surface area contributed by atoms with Crippen LogP contribution in [0.2, 0.25) is 10.2 Å². The van der Waals surface area contributed by atoms with Crippen molar-refractivity contribution in [2.24, 2.45) is 5.92 Å². The first-order valence-corrected chi connectivity index (χ1v) is 10.3. The van der Waals surface area contributed by atoms with E-state index in [1.54, 1.807) is 24.3 Å². The van der Waals surface area contributed by atoms with Crippen molar-refractivity contribution in [1.82, 2.24) is 14.5 Å². The minimum atomic E-state index is -1.23. The topological polar surface area (TPSA) is 68.0 Å². The van der Waals surface area contributed by atoms with Crippen LogP contribution in [0.3, 0.4) is 0 Å². The van der Waals surface area contributed by atoms with Crippen molar-refractivity contribution >= 4 is 45.0 Å². The molecule has 0 bridgehead atoms. The predicted octanol–water partition coefficient (Wildman–Crippen LogP) is 3.86. The first-order valence-electron chi connectivity index (χ1n) is 8.28. The molecule has 1 aromatic carbocycles. The first kappa shape index (κ1) is 17.9. The molecule has 1 aliphatic rings. The van der Waals surface area contributed by atoms with Crippen LogP contribution >= 0.6 is 23.2 Å². The molecule has 1 unspecified atom stereocenters. The fourth-order valence-electron chi connectivity index (χ4n) is 3.67. The molecule has 26 heavy (non-hydrogen) atoms. The van der Waals surface area contributed by atoms with Gasteiger partial charge in [-0.1, -0.05) is 30.1 Å². The lowest BCUT2D eigenvalue weighted by molar-refractivity contribution is 0.104. The van der Waals surface area contributed by atoms with E-state index < -0.39 is 16.9 Å². The Morgan fingerprint density at radius 2 is 1.92 bits per heavy atom. The van der Waals surface area contributed by atoms with Gasteiger partial charge in [0.05, 0.1) is 28.3 Å². The monoisotopic (exact) mass is 409 g/mol. The number of hydrogen-bond acceptors (Lipinski definition) is 4. The van der Waals surface area contributed by atoms with Crippen LogP contribution in [-0.4, -0.2) is 35.2 Å². The number of aliphatic hydroxyl groups is 1. The number of rotatable bonds is 3. The maximum absolute atomic E-state index is 13.0. The molecule has 3 aromatic rings. The molecule has 0 spiro atoms. The molecule has 0 aliphatic heterocycles. The fourth-order valence-corrected chi connectivity index (χ4v) is 5.67. The van der Waals surface area contributed by atoms with E-state index >= 15 is 0 Å². The highest BCUT2D eigenvalue weighted by molar-refractivity contribution is 7.85. The molecule has 2 aromatic heterocycles. The number of benzene rings is 1. The summed E-state index contributed by atoms with van der Waals surface area (Å²) in [6.45, 7) is 1.94. The Labute approximate surface area is 163 Å². The third-order valence-corrected chi connectivity index (χ3v) is 7.59. The zero-order chi connectivity index (χ0) is 18.4. The molecular weight excluding hydrogens is 393 g/mol. The zero-order valence-electron chi connectivity index (χ0n) is 13.9. The van der Waals surface area contributed by atoms with Gasteiger partial charge >= 0.3 is 0 Å². The molecule has 1 aliphatic carbocycles. The van der Waals surface area contributed by atoms with Gasteiger partial charge in [-0.3, -0.25) is 4.21 Å². The van der Waals surface area contributed by atoms with E-state index in [1.165, 1.54) is 6.33 Å². The molecule has 5 atom stereocenters. The molecule has 1 fully saturated rings. The third-order valence-electron chi connectivity index (χ3n) is 5.13. The lowest BCUT2D eigenvalue weighted by atomic mass is 10.1. The summed E-state index contributed by atoms with van der Waals surface area (Å²) in [5.41, 5.74) is 0.680. The van der Waals surface area contributed by atoms with Crippen LogP contribution in [0.15, 0.2) is 47.8 Å². The van der Waals surface area contributed by atoms with E-state index in [1.807, 2.05) is 23.8 Å². The van der Waals surface area contributed by atoms with Gasteiger partial charge in [-0.2, -0.15) is 0 Å². The summed E-state index contributed by atoms with van der Waals surface area (Å²) in [5, 5.41) is 12.4. The van der Waals surface area contributed by atoms with Crippen molar-refractivity contribution in [3.8, 4) is 0 Å². The highest BCUT2D eigenvalue weighted by Gasteiger charge is 2.44. The molecule has 0 radical (unpaired) electrons. The van der Waals surface area contributed by atoms with Crippen molar-refractivity contribution in [2.75, 3.05) is 0 Å².